The Kier molecular flexibility index (Phi) is 2.12. The fraction of sp³-hybridized carbons (Fsp3) is 0.700. The van der Waals surface area contributed by atoms with E-state index in [0.29, 0.717) is 17.5 Å². The van der Waals surface area contributed by atoms with E-state index in [1.54, 1.807) is 0 Å². The van der Waals surface area contributed by atoms with Gasteiger partial charge in [-0.1, -0.05) is 0 Å². The molecule has 1 aromatic heterocycles. The lowest BCUT2D eigenvalue weighted by Crippen LogP contribution is -2.37. The number of nitrogens with one attached hydrogen (secondary N) is 1. The largest absolute Gasteiger partial charge is 0.307 e. The van der Waals surface area contributed by atoms with Gasteiger partial charge in [0.2, 0.25) is 0 Å². The van der Waals surface area contributed by atoms with Crippen LogP contribution >= 0.6 is 0 Å². The number of nitrogens with zero attached hydrogens (tertiary/aromatic N) is 2. The van der Waals surface area contributed by atoms with E-state index >= 15 is 0 Å². The van der Waals surface area contributed by atoms with Crippen LogP contribution in [0.3, 0.4) is 0 Å². The number of hydrogen-bond acceptors (Lipinski definition) is 4. The van der Waals surface area contributed by atoms with Crippen molar-refractivity contribution >= 4 is 9.84 Å². The average Bonchev–Trinajstić information content (AvgIpc) is 2.99. The summed E-state index contributed by atoms with van der Waals surface area (Å²) in [4.78, 5) is 0.439. The van der Waals surface area contributed by atoms with E-state index < -0.39 is 9.84 Å². The molecule has 0 spiro atoms. The zero-order valence-electron chi connectivity index (χ0n) is 9.18. The third kappa shape index (κ3) is 1.48. The maximum atomic E-state index is 12.1. The first kappa shape index (κ1) is 10.3. The average molecular weight is 241 g/mol. The highest BCUT2D eigenvalue weighted by molar-refractivity contribution is 7.92. The lowest BCUT2D eigenvalue weighted by Gasteiger charge is -2.22. The number of sulfone groups is 1. The predicted molar refractivity (Wildman–Crippen MR) is 58.7 cm³/mol. The second kappa shape index (κ2) is 3.30. The van der Waals surface area contributed by atoms with Crippen molar-refractivity contribution in [2.24, 2.45) is 0 Å². The predicted octanol–water partition coefficient (Wildman–Crippen LogP) is 0.311. The molecule has 1 aliphatic heterocycles. The zero-order valence-corrected chi connectivity index (χ0v) is 10.00. The molecule has 1 saturated carbocycles. The van der Waals surface area contributed by atoms with Crippen molar-refractivity contribution in [3.63, 3.8) is 0 Å². The first-order valence-electron chi connectivity index (χ1n) is 5.61. The number of fused-ring (bicyclic) bond motifs is 1. The Labute approximate surface area is 94.8 Å². The molecule has 1 atom stereocenters. The molecule has 0 aromatic carbocycles. The summed E-state index contributed by atoms with van der Waals surface area (Å²) in [5.41, 5.74) is 0.824. The van der Waals surface area contributed by atoms with Crippen molar-refractivity contribution in [2.75, 3.05) is 0 Å². The highest BCUT2D eigenvalue weighted by atomic mass is 32.2. The SMILES string of the molecule is C[C@H]1Cn2ncc(S(=O)(=O)C3CC3)c2CN1. The molecule has 0 saturated heterocycles. The molecule has 1 fully saturated rings. The highest BCUT2D eigenvalue weighted by Crippen LogP contribution is 2.35. The third-order valence-corrected chi connectivity index (χ3v) is 5.55. The Morgan fingerprint density at radius 2 is 2.25 bits per heavy atom. The molecule has 0 bridgehead atoms. The highest BCUT2D eigenvalue weighted by Gasteiger charge is 2.39. The standard InChI is InChI=1S/C10H15N3O2S/c1-7-6-13-9(4-11-7)10(5-12-13)16(14,15)8-2-3-8/h5,7-8,11H,2-4,6H2,1H3/t7-/m0/s1. The second-order valence-electron chi connectivity index (χ2n) is 4.66. The normalized spacial score (nSPS) is 25.4. The first-order chi connectivity index (χ1) is 7.59. The van der Waals surface area contributed by atoms with Gasteiger partial charge in [-0.05, 0) is 19.8 Å². The summed E-state index contributed by atoms with van der Waals surface area (Å²) in [6, 6.07) is 0.351. The maximum absolute atomic E-state index is 12.1. The zero-order chi connectivity index (χ0) is 11.3. The molecule has 6 heteroatoms. The van der Waals surface area contributed by atoms with Crippen molar-refractivity contribution in [1.82, 2.24) is 15.1 Å². The van der Waals surface area contributed by atoms with E-state index in [4.69, 9.17) is 0 Å². The Hall–Kier alpha value is -0.880. The minimum Gasteiger partial charge on any atom is -0.307 e. The molecule has 3 rings (SSSR count). The van der Waals surface area contributed by atoms with Crippen LogP contribution in [0.5, 0.6) is 0 Å². The molecule has 0 amide bonds. The van der Waals surface area contributed by atoms with Crippen LogP contribution in [-0.2, 0) is 22.9 Å². The Morgan fingerprint density at radius 1 is 1.50 bits per heavy atom. The van der Waals surface area contributed by atoms with Gasteiger partial charge < -0.3 is 5.32 Å². The topological polar surface area (TPSA) is 64.0 Å². The summed E-state index contributed by atoms with van der Waals surface area (Å²) in [6.45, 7) is 3.41. The van der Waals surface area contributed by atoms with Crippen LogP contribution in [0.25, 0.3) is 0 Å². The summed E-state index contributed by atoms with van der Waals surface area (Å²) in [6.07, 6.45) is 3.12. The third-order valence-electron chi connectivity index (χ3n) is 3.24. The molecule has 5 nitrogen and oxygen atoms in total. The van der Waals surface area contributed by atoms with Crippen molar-refractivity contribution < 1.29 is 8.42 Å². The molecule has 1 aromatic rings. The molecule has 1 aliphatic carbocycles. The lowest BCUT2D eigenvalue weighted by atomic mass is 10.2. The van der Waals surface area contributed by atoms with Crippen molar-refractivity contribution in [3.05, 3.63) is 11.9 Å². The Bertz CT molecular complexity index is 516. The van der Waals surface area contributed by atoms with E-state index in [1.807, 2.05) is 4.68 Å². The van der Waals surface area contributed by atoms with Crippen LogP contribution in [0.1, 0.15) is 25.5 Å². The second-order valence-corrected chi connectivity index (χ2v) is 6.86. The molecule has 2 aliphatic rings. The van der Waals surface area contributed by atoms with Crippen molar-refractivity contribution in [3.8, 4) is 0 Å². The molecular formula is C10H15N3O2S. The summed E-state index contributed by atoms with van der Waals surface area (Å²) in [5, 5.41) is 7.30. The fourth-order valence-electron chi connectivity index (χ4n) is 2.12. The van der Waals surface area contributed by atoms with E-state index in [9.17, 15) is 8.42 Å². The van der Waals surface area contributed by atoms with Crippen LogP contribution in [0.4, 0.5) is 0 Å². The van der Waals surface area contributed by atoms with Gasteiger partial charge in [-0.25, -0.2) is 8.42 Å². The summed E-state index contributed by atoms with van der Waals surface area (Å²) < 4.78 is 26.1. The van der Waals surface area contributed by atoms with Gasteiger partial charge in [-0.15, -0.1) is 0 Å². The molecule has 1 N–H and O–H groups in total. The lowest BCUT2D eigenvalue weighted by molar-refractivity contribution is 0.385. The molecule has 0 unspecified atom stereocenters. The van der Waals surface area contributed by atoms with Crippen LogP contribution in [0.2, 0.25) is 0 Å². The van der Waals surface area contributed by atoms with E-state index in [0.717, 1.165) is 25.1 Å². The van der Waals surface area contributed by atoms with Crippen LogP contribution in [0.15, 0.2) is 11.1 Å². The van der Waals surface area contributed by atoms with E-state index in [2.05, 4.69) is 17.3 Å². The van der Waals surface area contributed by atoms with Gasteiger partial charge in [0, 0.05) is 12.6 Å². The van der Waals surface area contributed by atoms with Crippen molar-refractivity contribution in [1.29, 1.82) is 0 Å². The summed E-state index contributed by atoms with van der Waals surface area (Å²) >= 11 is 0. The van der Waals surface area contributed by atoms with E-state index in [1.165, 1.54) is 6.20 Å². The first-order valence-corrected chi connectivity index (χ1v) is 7.15. The van der Waals surface area contributed by atoms with Gasteiger partial charge in [0.25, 0.3) is 0 Å². The van der Waals surface area contributed by atoms with Gasteiger partial charge in [-0.3, -0.25) is 4.68 Å². The molecule has 2 heterocycles. The summed E-state index contributed by atoms with van der Waals surface area (Å²) in [7, 11) is -3.10. The van der Waals surface area contributed by atoms with Crippen LogP contribution < -0.4 is 5.32 Å². The minimum atomic E-state index is -3.10. The van der Waals surface area contributed by atoms with Gasteiger partial charge >= 0.3 is 0 Å². The summed E-state index contributed by atoms with van der Waals surface area (Å²) in [5.74, 6) is 0. The maximum Gasteiger partial charge on any atom is 0.184 e. The number of hydrogen-bond donors (Lipinski definition) is 1. The quantitative estimate of drug-likeness (QED) is 0.809. The number of aromatic nitrogens is 2. The van der Waals surface area contributed by atoms with Gasteiger partial charge in [0.1, 0.15) is 4.90 Å². The molecular weight excluding hydrogens is 226 g/mol. The smallest absolute Gasteiger partial charge is 0.184 e. The van der Waals surface area contributed by atoms with Gasteiger partial charge in [-0.2, -0.15) is 5.10 Å². The van der Waals surface area contributed by atoms with Gasteiger partial charge in [0.05, 0.1) is 23.7 Å². The fourth-order valence-corrected chi connectivity index (χ4v) is 3.94. The Balaban J connectivity index is 2.03. The number of rotatable bonds is 2. The van der Waals surface area contributed by atoms with Crippen LogP contribution in [0, 0.1) is 0 Å². The van der Waals surface area contributed by atoms with Crippen LogP contribution in [-0.4, -0.2) is 29.5 Å². The molecule has 16 heavy (non-hydrogen) atoms. The molecule has 0 radical (unpaired) electrons. The molecule has 88 valence electrons. The van der Waals surface area contributed by atoms with E-state index in [-0.39, 0.29) is 5.25 Å². The van der Waals surface area contributed by atoms with Crippen molar-refractivity contribution in [2.45, 2.75) is 49.0 Å². The Morgan fingerprint density at radius 3 is 2.94 bits per heavy atom. The monoisotopic (exact) mass is 241 g/mol. The minimum absolute atomic E-state index is 0.152. The van der Waals surface area contributed by atoms with Gasteiger partial charge in [0.15, 0.2) is 9.84 Å².